The molecule has 7 heterocycles. The molecule has 0 aromatic carbocycles. The van der Waals surface area contributed by atoms with E-state index in [9.17, 15) is 8.42 Å². The normalized spacial score (nSPS) is 24.4. The minimum atomic E-state index is -3.69. The van der Waals surface area contributed by atoms with Gasteiger partial charge in [0.2, 0.25) is 11.8 Å². The maximum Gasteiger partial charge on any atom is 0.250 e. The van der Waals surface area contributed by atoms with Crippen LogP contribution >= 0.6 is 11.3 Å². The summed E-state index contributed by atoms with van der Waals surface area (Å²) in [6.07, 6.45) is 9.11. The number of rotatable bonds is 8. The third-order valence-electron chi connectivity index (χ3n) is 10.3. The van der Waals surface area contributed by atoms with E-state index >= 15 is 0 Å². The molecule has 0 radical (unpaired) electrons. The first kappa shape index (κ1) is 32.4. The Morgan fingerprint density at radius 2 is 1.90 bits per heavy atom. The van der Waals surface area contributed by atoms with E-state index in [0.29, 0.717) is 35.1 Å². The first-order chi connectivity index (χ1) is 23.6. The highest BCUT2D eigenvalue weighted by Crippen LogP contribution is 2.51. The van der Waals surface area contributed by atoms with Gasteiger partial charge < -0.3 is 14.5 Å². The summed E-state index contributed by atoms with van der Waals surface area (Å²) in [5, 5.41) is 12.3. The molecule has 2 unspecified atom stereocenters. The zero-order chi connectivity index (χ0) is 34.0. The molecule has 1 aliphatic carbocycles. The van der Waals surface area contributed by atoms with E-state index in [1.54, 1.807) is 13.3 Å². The van der Waals surface area contributed by atoms with E-state index in [-0.39, 0.29) is 46.6 Å². The predicted molar refractivity (Wildman–Crippen MR) is 188 cm³/mol. The van der Waals surface area contributed by atoms with E-state index in [2.05, 4.69) is 64.2 Å². The summed E-state index contributed by atoms with van der Waals surface area (Å²) in [6.45, 7) is 10.2. The first-order valence-electron chi connectivity index (χ1n) is 17.3. The molecule has 0 bridgehead atoms. The zero-order valence-corrected chi connectivity index (χ0v) is 30.1. The standard InChI is InChI=1S/C36H41N7O4S2/c1-18(2)24-16-49(44,45)34-31(29-15-28-33(48-29)35(39-17-38-28)41-26-11-10-25-23(26)7-6-12-37-25)30(36-43-42-21(5)47-36)27(40-32(24)34)9-8-22-13-19(3)46-20(4)14-22/h6-7,12,15,17-20,22,24,26H,8-11,13-14,16H2,1-5H3,(H,38,39,41)/t19?,20?,22?,24-,26+/m0/s1. The fourth-order valence-electron chi connectivity index (χ4n) is 8.08. The van der Waals surface area contributed by atoms with Gasteiger partial charge in [-0.3, -0.25) is 9.97 Å². The van der Waals surface area contributed by atoms with Crippen LogP contribution < -0.4 is 5.32 Å². The second kappa shape index (κ2) is 12.5. The maximum absolute atomic E-state index is 14.2. The number of hydrogen-bond donors (Lipinski definition) is 1. The Hall–Kier alpha value is -3.81. The van der Waals surface area contributed by atoms with Crippen molar-refractivity contribution in [2.24, 2.45) is 11.8 Å². The summed E-state index contributed by atoms with van der Waals surface area (Å²) < 4.78 is 41.4. The van der Waals surface area contributed by atoms with E-state index in [0.717, 1.165) is 64.4 Å². The lowest BCUT2D eigenvalue weighted by molar-refractivity contribution is -0.0533. The number of anilines is 1. The Morgan fingerprint density at radius 1 is 1.08 bits per heavy atom. The monoisotopic (exact) mass is 699 g/mol. The lowest BCUT2D eigenvalue weighted by Gasteiger charge is -2.32. The van der Waals surface area contributed by atoms with Crippen molar-refractivity contribution >= 4 is 37.2 Å². The Bertz CT molecular complexity index is 2150. The number of ether oxygens (including phenoxy) is 1. The highest BCUT2D eigenvalue weighted by molar-refractivity contribution is 7.92. The van der Waals surface area contributed by atoms with Crippen molar-refractivity contribution in [3.05, 3.63) is 59.3 Å². The van der Waals surface area contributed by atoms with Gasteiger partial charge >= 0.3 is 0 Å². The van der Waals surface area contributed by atoms with Crippen LogP contribution in [0.1, 0.15) is 93.9 Å². The van der Waals surface area contributed by atoms with Crippen LogP contribution in [0.4, 0.5) is 5.82 Å². The van der Waals surface area contributed by atoms with Crippen molar-refractivity contribution < 1.29 is 17.6 Å². The minimum absolute atomic E-state index is 0.0212. The van der Waals surface area contributed by atoms with Crippen molar-refractivity contribution in [2.75, 3.05) is 11.1 Å². The number of thiophene rings is 1. The third-order valence-corrected chi connectivity index (χ3v) is 13.3. The largest absolute Gasteiger partial charge is 0.421 e. The highest BCUT2D eigenvalue weighted by Gasteiger charge is 2.43. The molecule has 5 aromatic rings. The van der Waals surface area contributed by atoms with Gasteiger partial charge in [0.15, 0.2) is 9.84 Å². The third kappa shape index (κ3) is 5.93. The van der Waals surface area contributed by atoms with Gasteiger partial charge in [0.05, 0.1) is 56.1 Å². The highest BCUT2D eigenvalue weighted by atomic mass is 32.2. The SMILES string of the molecule is Cc1nnc(-c2c(CCC3CC(C)OC(C)C3)nc3c(c2-c2cc4ncnc(N[C@@H]5CCc6ncccc65)c4s2)S(=O)(=O)C[C@H]3C(C)C)o1. The van der Waals surface area contributed by atoms with Crippen molar-refractivity contribution in [2.45, 2.75) is 102 Å². The molecule has 11 nitrogen and oxygen atoms in total. The topological polar surface area (TPSA) is 146 Å². The van der Waals surface area contributed by atoms with Gasteiger partial charge in [0.25, 0.3) is 0 Å². The van der Waals surface area contributed by atoms with Crippen LogP contribution in [0, 0.1) is 18.8 Å². The first-order valence-corrected chi connectivity index (χ1v) is 19.7. The van der Waals surface area contributed by atoms with Gasteiger partial charge in [-0.2, -0.15) is 0 Å². The Morgan fingerprint density at radius 3 is 2.65 bits per heavy atom. The number of fused-ring (bicyclic) bond motifs is 3. The summed E-state index contributed by atoms with van der Waals surface area (Å²) in [4.78, 5) is 20.1. The Labute approximate surface area is 290 Å². The number of pyridine rings is 2. The smallest absolute Gasteiger partial charge is 0.250 e. The molecule has 13 heteroatoms. The van der Waals surface area contributed by atoms with Gasteiger partial charge in [-0.15, -0.1) is 21.5 Å². The summed E-state index contributed by atoms with van der Waals surface area (Å²) >= 11 is 1.49. The van der Waals surface area contributed by atoms with E-state index in [1.165, 1.54) is 16.9 Å². The van der Waals surface area contributed by atoms with Crippen LogP contribution in [-0.2, 0) is 27.4 Å². The second-order valence-corrected chi connectivity index (χ2v) is 17.3. The Balaban J connectivity index is 1.30. The molecule has 4 atom stereocenters. The minimum Gasteiger partial charge on any atom is -0.421 e. The molecule has 5 aromatic heterocycles. The van der Waals surface area contributed by atoms with Gasteiger partial charge in [0.1, 0.15) is 12.1 Å². The molecular weight excluding hydrogens is 659 g/mol. The number of nitrogens with one attached hydrogen (secondary N) is 1. The fourth-order valence-corrected chi connectivity index (χ4v) is 11.5. The summed E-state index contributed by atoms with van der Waals surface area (Å²) in [7, 11) is -3.69. The van der Waals surface area contributed by atoms with Crippen LogP contribution in [0.5, 0.6) is 0 Å². The number of nitrogens with zero attached hydrogens (tertiary/aromatic N) is 6. The van der Waals surface area contributed by atoms with Crippen molar-refractivity contribution in [3.63, 3.8) is 0 Å². The van der Waals surface area contributed by atoms with Crippen molar-refractivity contribution in [3.8, 4) is 21.9 Å². The lowest BCUT2D eigenvalue weighted by Crippen LogP contribution is -2.29. The Kier molecular flexibility index (Phi) is 8.27. The number of aromatic nitrogens is 6. The second-order valence-electron chi connectivity index (χ2n) is 14.2. The van der Waals surface area contributed by atoms with Gasteiger partial charge in [0, 0.05) is 35.2 Å². The summed E-state index contributed by atoms with van der Waals surface area (Å²) in [5.41, 5.74) is 5.65. The van der Waals surface area contributed by atoms with Gasteiger partial charge in [-0.05, 0) is 81.9 Å². The molecular formula is C36H41N7O4S2. The molecule has 8 rings (SSSR count). The summed E-state index contributed by atoms with van der Waals surface area (Å²) in [5.74, 6) is 1.76. The van der Waals surface area contributed by atoms with Crippen LogP contribution in [0.15, 0.2) is 40.0 Å². The van der Waals surface area contributed by atoms with Crippen LogP contribution in [-0.4, -0.2) is 56.5 Å². The van der Waals surface area contributed by atoms with Crippen molar-refractivity contribution in [1.82, 2.24) is 30.1 Å². The van der Waals surface area contributed by atoms with Crippen LogP contribution in [0.2, 0.25) is 0 Å². The number of hydrogen-bond acceptors (Lipinski definition) is 12. The molecule has 256 valence electrons. The average molecular weight is 700 g/mol. The number of aryl methyl sites for hydroxylation is 3. The van der Waals surface area contributed by atoms with E-state index in [1.807, 2.05) is 18.3 Å². The molecule has 0 spiro atoms. The lowest BCUT2D eigenvalue weighted by atomic mass is 9.86. The predicted octanol–water partition coefficient (Wildman–Crippen LogP) is 7.27. The molecule has 1 N–H and O–H groups in total. The fraction of sp³-hybridized carbons (Fsp3) is 0.500. The molecule has 0 saturated carbocycles. The molecule has 3 aliphatic rings. The van der Waals surface area contributed by atoms with Crippen LogP contribution in [0.25, 0.3) is 32.1 Å². The maximum atomic E-state index is 14.2. The van der Waals surface area contributed by atoms with Gasteiger partial charge in [-0.1, -0.05) is 19.9 Å². The van der Waals surface area contributed by atoms with Crippen LogP contribution in [0.3, 0.4) is 0 Å². The summed E-state index contributed by atoms with van der Waals surface area (Å²) in [6, 6.07) is 6.13. The average Bonchev–Trinajstić information content (AvgIpc) is 3.84. The molecule has 1 saturated heterocycles. The number of sulfone groups is 1. The molecule has 1 fully saturated rings. The molecule has 49 heavy (non-hydrogen) atoms. The van der Waals surface area contributed by atoms with Crippen molar-refractivity contribution in [1.29, 1.82) is 0 Å². The molecule has 0 amide bonds. The van der Waals surface area contributed by atoms with E-state index in [4.69, 9.17) is 14.1 Å². The quantitative estimate of drug-likeness (QED) is 0.174. The van der Waals surface area contributed by atoms with Gasteiger partial charge in [-0.25, -0.2) is 18.4 Å². The zero-order valence-electron chi connectivity index (χ0n) is 28.4. The molecule has 2 aliphatic heterocycles. The van der Waals surface area contributed by atoms with E-state index < -0.39 is 9.84 Å².